The fourth-order valence-corrected chi connectivity index (χ4v) is 5.08. The molecule has 3 rings (SSSR count). The molecule has 2 aliphatic heterocycles. The number of piperidine rings is 1. The Morgan fingerprint density at radius 2 is 1.81 bits per heavy atom. The number of benzene rings is 1. The Balaban J connectivity index is 1.81. The lowest BCUT2D eigenvalue weighted by Crippen LogP contribution is -2.46. The molecule has 7 heteroatoms. The van der Waals surface area contributed by atoms with Crippen molar-refractivity contribution in [3.8, 4) is 0 Å². The quantitative estimate of drug-likeness (QED) is 0.897. The second kappa shape index (κ2) is 5.26. The van der Waals surface area contributed by atoms with E-state index in [-0.39, 0.29) is 21.2 Å². The zero-order valence-electron chi connectivity index (χ0n) is 11.5. The van der Waals surface area contributed by atoms with E-state index in [1.165, 1.54) is 10.4 Å². The molecule has 1 spiro atoms. The normalized spacial score (nSPS) is 22.4. The van der Waals surface area contributed by atoms with Crippen LogP contribution in [0.1, 0.15) is 19.3 Å². The van der Waals surface area contributed by atoms with Crippen molar-refractivity contribution in [3.05, 3.63) is 29.3 Å². The van der Waals surface area contributed by atoms with Gasteiger partial charge in [0.1, 0.15) is 4.90 Å². The van der Waals surface area contributed by atoms with Crippen LogP contribution >= 0.6 is 11.6 Å². The zero-order chi connectivity index (χ0) is 15.1. The molecule has 114 valence electrons. The highest BCUT2D eigenvalue weighted by atomic mass is 35.5. The van der Waals surface area contributed by atoms with Gasteiger partial charge in [0.25, 0.3) is 0 Å². The molecule has 0 bridgehead atoms. The predicted octanol–water partition coefficient (Wildman–Crippen LogP) is 1.63. The predicted molar refractivity (Wildman–Crippen MR) is 79.5 cm³/mol. The monoisotopic (exact) mass is 328 g/mol. The summed E-state index contributed by atoms with van der Waals surface area (Å²) >= 11 is 6.00. The summed E-state index contributed by atoms with van der Waals surface area (Å²) in [5.41, 5.74) is -0.369. The van der Waals surface area contributed by atoms with Crippen molar-refractivity contribution < 1.29 is 13.2 Å². The number of halogens is 1. The third kappa shape index (κ3) is 2.45. The summed E-state index contributed by atoms with van der Waals surface area (Å²) in [6.45, 7) is 1.41. The van der Waals surface area contributed by atoms with Crippen LogP contribution in [0.2, 0.25) is 5.02 Å². The van der Waals surface area contributed by atoms with Crippen LogP contribution in [0.25, 0.3) is 0 Å². The number of sulfonamides is 1. The Bertz CT molecular complexity index is 667. The van der Waals surface area contributed by atoms with Crippen LogP contribution in [0, 0.1) is 5.41 Å². The molecule has 1 N–H and O–H groups in total. The molecule has 1 aromatic carbocycles. The van der Waals surface area contributed by atoms with E-state index < -0.39 is 10.0 Å². The van der Waals surface area contributed by atoms with Crippen molar-refractivity contribution in [2.24, 2.45) is 5.41 Å². The standard InChI is InChI=1S/C14H17ClN2O3S/c15-11-3-1-2-4-12(11)21(19,20)17-9-6-14(7-10-17)5-8-16-13(14)18/h1-4H,5-10H2,(H,16,18). The minimum Gasteiger partial charge on any atom is -0.356 e. The topological polar surface area (TPSA) is 66.5 Å². The molecule has 5 nitrogen and oxygen atoms in total. The van der Waals surface area contributed by atoms with Gasteiger partial charge >= 0.3 is 0 Å². The molecule has 0 unspecified atom stereocenters. The van der Waals surface area contributed by atoms with Gasteiger partial charge in [-0.3, -0.25) is 4.79 Å². The van der Waals surface area contributed by atoms with Gasteiger partial charge in [-0.25, -0.2) is 8.42 Å². The molecule has 0 saturated carbocycles. The number of carbonyl (C=O) groups excluding carboxylic acids is 1. The van der Waals surface area contributed by atoms with Gasteiger partial charge in [-0.1, -0.05) is 23.7 Å². The molecule has 2 saturated heterocycles. The first kappa shape index (κ1) is 14.8. The maximum absolute atomic E-state index is 12.6. The molecule has 2 aliphatic rings. The number of amides is 1. The number of carbonyl (C=O) groups is 1. The second-order valence-corrected chi connectivity index (χ2v) is 7.93. The van der Waals surface area contributed by atoms with Gasteiger partial charge in [-0.15, -0.1) is 0 Å². The second-order valence-electron chi connectivity index (χ2n) is 5.62. The third-order valence-corrected chi connectivity index (χ3v) is 6.90. The molecule has 0 aliphatic carbocycles. The summed E-state index contributed by atoms with van der Waals surface area (Å²) in [5, 5.41) is 3.08. The van der Waals surface area contributed by atoms with Crippen LogP contribution in [-0.4, -0.2) is 38.3 Å². The zero-order valence-corrected chi connectivity index (χ0v) is 13.1. The van der Waals surface area contributed by atoms with Gasteiger partial charge < -0.3 is 5.32 Å². The minimum atomic E-state index is -3.59. The molecular weight excluding hydrogens is 312 g/mol. The summed E-state index contributed by atoms with van der Waals surface area (Å²) < 4.78 is 26.7. The third-order valence-electron chi connectivity index (χ3n) is 4.50. The fourth-order valence-electron chi connectivity index (χ4n) is 3.14. The highest BCUT2D eigenvalue weighted by Gasteiger charge is 2.46. The number of hydrogen-bond acceptors (Lipinski definition) is 3. The van der Waals surface area contributed by atoms with Crippen LogP contribution in [0.3, 0.4) is 0 Å². The lowest BCUT2D eigenvalue weighted by atomic mass is 9.78. The van der Waals surface area contributed by atoms with Crippen molar-refractivity contribution in [2.45, 2.75) is 24.2 Å². The number of nitrogens with zero attached hydrogens (tertiary/aromatic N) is 1. The van der Waals surface area contributed by atoms with Crippen molar-refractivity contribution >= 4 is 27.5 Å². The summed E-state index contributed by atoms with van der Waals surface area (Å²) in [4.78, 5) is 12.1. The lowest BCUT2D eigenvalue weighted by molar-refractivity contribution is -0.129. The van der Waals surface area contributed by atoms with Crippen LogP contribution in [0.5, 0.6) is 0 Å². The van der Waals surface area contributed by atoms with E-state index >= 15 is 0 Å². The van der Waals surface area contributed by atoms with E-state index in [9.17, 15) is 13.2 Å². The average molecular weight is 329 g/mol. The van der Waals surface area contributed by atoms with Gasteiger partial charge in [0.05, 0.1) is 10.4 Å². The first-order valence-corrected chi connectivity index (χ1v) is 8.81. The molecule has 2 fully saturated rings. The van der Waals surface area contributed by atoms with Crippen molar-refractivity contribution in [2.75, 3.05) is 19.6 Å². The Morgan fingerprint density at radius 3 is 2.38 bits per heavy atom. The summed E-state index contributed by atoms with van der Waals surface area (Å²) in [6, 6.07) is 6.46. The number of rotatable bonds is 2. The smallest absolute Gasteiger partial charge is 0.244 e. The van der Waals surface area contributed by atoms with Crippen LogP contribution in [0.4, 0.5) is 0 Å². The Labute approximate surface area is 129 Å². The molecule has 0 aromatic heterocycles. The molecule has 1 aromatic rings. The van der Waals surface area contributed by atoms with E-state index in [0.29, 0.717) is 32.5 Å². The van der Waals surface area contributed by atoms with Gasteiger partial charge in [0.2, 0.25) is 15.9 Å². The Morgan fingerprint density at radius 1 is 1.14 bits per heavy atom. The summed E-state index contributed by atoms with van der Waals surface area (Å²) in [7, 11) is -3.59. The lowest BCUT2D eigenvalue weighted by Gasteiger charge is -2.36. The average Bonchev–Trinajstić information content (AvgIpc) is 2.81. The van der Waals surface area contributed by atoms with Crippen molar-refractivity contribution in [1.82, 2.24) is 9.62 Å². The van der Waals surface area contributed by atoms with E-state index in [0.717, 1.165) is 6.42 Å². The molecule has 2 heterocycles. The van der Waals surface area contributed by atoms with E-state index in [1.807, 2.05) is 0 Å². The number of nitrogens with one attached hydrogen (secondary N) is 1. The van der Waals surface area contributed by atoms with Gasteiger partial charge in [0.15, 0.2) is 0 Å². The highest BCUT2D eigenvalue weighted by molar-refractivity contribution is 7.89. The van der Waals surface area contributed by atoms with Crippen LogP contribution in [0.15, 0.2) is 29.2 Å². The van der Waals surface area contributed by atoms with E-state index in [4.69, 9.17) is 11.6 Å². The van der Waals surface area contributed by atoms with Gasteiger partial charge in [-0.2, -0.15) is 4.31 Å². The molecular formula is C14H17ClN2O3S. The van der Waals surface area contributed by atoms with Crippen LogP contribution < -0.4 is 5.32 Å². The number of hydrogen-bond donors (Lipinski definition) is 1. The first-order valence-electron chi connectivity index (χ1n) is 6.99. The fraction of sp³-hybridized carbons (Fsp3) is 0.500. The Hall–Kier alpha value is -1.11. The van der Waals surface area contributed by atoms with Crippen LogP contribution in [-0.2, 0) is 14.8 Å². The van der Waals surface area contributed by atoms with Crippen molar-refractivity contribution in [1.29, 1.82) is 0 Å². The van der Waals surface area contributed by atoms with E-state index in [2.05, 4.69) is 5.32 Å². The maximum atomic E-state index is 12.6. The summed E-state index contributed by atoms with van der Waals surface area (Å²) in [6.07, 6.45) is 1.94. The van der Waals surface area contributed by atoms with Gasteiger partial charge in [0, 0.05) is 19.6 Å². The highest BCUT2D eigenvalue weighted by Crippen LogP contribution is 2.39. The molecule has 0 atom stereocenters. The SMILES string of the molecule is O=C1NCCC12CCN(S(=O)(=O)c1ccccc1Cl)CC2. The Kier molecular flexibility index (Phi) is 3.71. The maximum Gasteiger partial charge on any atom is 0.244 e. The molecule has 1 amide bonds. The van der Waals surface area contributed by atoms with Crippen molar-refractivity contribution in [3.63, 3.8) is 0 Å². The molecule has 21 heavy (non-hydrogen) atoms. The largest absolute Gasteiger partial charge is 0.356 e. The first-order chi connectivity index (χ1) is 9.96. The summed E-state index contributed by atoms with van der Waals surface area (Å²) in [5.74, 6) is 0.0669. The molecule has 0 radical (unpaired) electrons. The van der Waals surface area contributed by atoms with Gasteiger partial charge in [-0.05, 0) is 31.4 Å². The van der Waals surface area contributed by atoms with E-state index in [1.54, 1.807) is 18.2 Å². The minimum absolute atomic E-state index is 0.0669.